The fraction of sp³-hybridized carbons (Fsp3) is 0.211. The Balaban J connectivity index is -0.000000260. The predicted octanol–water partition coefficient (Wildman–Crippen LogP) is 3.58. The number of rotatable bonds is 2. The molecular formula is C19H16FeO2+. The van der Waals surface area contributed by atoms with E-state index in [1.165, 1.54) is 18.3 Å². The van der Waals surface area contributed by atoms with Crippen LogP contribution < -0.4 is 0 Å². The molecule has 5 radical (unpaired) electrons. The minimum absolute atomic E-state index is 0. The van der Waals surface area contributed by atoms with Crippen LogP contribution in [0.3, 0.4) is 0 Å². The van der Waals surface area contributed by atoms with Gasteiger partial charge in [0.25, 0.3) is 0 Å². The summed E-state index contributed by atoms with van der Waals surface area (Å²) >= 11 is 0. The number of hydrogen-bond donors (Lipinski definition) is 0. The van der Waals surface area contributed by atoms with E-state index in [0.717, 1.165) is 12.8 Å². The van der Waals surface area contributed by atoms with Crippen molar-refractivity contribution in [3.8, 4) is 17.8 Å². The molecule has 1 saturated carbocycles. The maximum Gasteiger partial charge on any atom is 2.00 e. The minimum Gasteiger partial charge on any atom is -0.0762 e. The van der Waals surface area contributed by atoms with Gasteiger partial charge in [-0.2, -0.15) is 0 Å². The molecule has 2 nitrogen and oxygen atoms in total. The Bertz CT molecular complexity index is 417. The molecule has 22 heavy (non-hydrogen) atoms. The Hall–Kier alpha value is -1.40. The Morgan fingerprint density at radius 1 is 1.00 bits per heavy atom. The summed E-state index contributed by atoms with van der Waals surface area (Å²) in [5, 5.41) is 0. The Morgan fingerprint density at radius 3 is 1.91 bits per heavy atom. The molecule has 0 aromatic carbocycles. The van der Waals surface area contributed by atoms with Gasteiger partial charge in [0.05, 0.1) is 0 Å². The molecule has 0 unspecified atom stereocenters. The van der Waals surface area contributed by atoms with E-state index >= 15 is 0 Å². The number of unbranched alkanes of at least 4 members (excludes halogenated alkanes) is 2. The largest absolute Gasteiger partial charge is 2.00 e. The summed E-state index contributed by atoms with van der Waals surface area (Å²) in [6.45, 7) is 11.1. The molecule has 0 N–H and O–H groups in total. The van der Waals surface area contributed by atoms with E-state index in [1.54, 1.807) is 0 Å². The first-order valence-electron chi connectivity index (χ1n) is 6.29. The van der Waals surface area contributed by atoms with Crippen LogP contribution >= 0.6 is 0 Å². The van der Waals surface area contributed by atoms with Gasteiger partial charge in [-0.05, 0) is 32.1 Å². The maximum atomic E-state index is 7.50. The number of allylic oxidation sites excluding steroid dienone is 4. The molecule has 0 atom stereocenters. The summed E-state index contributed by atoms with van der Waals surface area (Å²) in [5.41, 5.74) is 0. The fourth-order valence-corrected chi connectivity index (χ4v) is 1.44. The van der Waals surface area contributed by atoms with Gasteiger partial charge >= 0.3 is 39.7 Å². The number of hydrogen-bond acceptors (Lipinski definition) is 0. The predicted molar refractivity (Wildman–Crippen MR) is 80.0 cm³/mol. The van der Waals surface area contributed by atoms with Crippen LogP contribution in [0.4, 0.5) is 0 Å². The van der Waals surface area contributed by atoms with Crippen molar-refractivity contribution in [2.24, 2.45) is 0 Å². The van der Waals surface area contributed by atoms with E-state index in [1.807, 2.05) is 5.92 Å². The average Bonchev–Trinajstić information content (AvgIpc) is 3.05. The Labute approximate surface area is 145 Å². The van der Waals surface area contributed by atoms with E-state index in [2.05, 4.69) is 75.6 Å². The molecule has 0 saturated heterocycles. The van der Waals surface area contributed by atoms with E-state index < -0.39 is 0 Å². The van der Waals surface area contributed by atoms with Crippen molar-refractivity contribution in [1.29, 1.82) is 0 Å². The van der Waals surface area contributed by atoms with Crippen LogP contribution in [0, 0.1) is 68.6 Å². The van der Waals surface area contributed by atoms with Crippen molar-refractivity contribution in [3.63, 3.8) is 0 Å². The van der Waals surface area contributed by atoms with Gasteiger partial charge in [0.2, 0.25) is 0 Å². The van der Waals surface area contributed by atoms with Gasteiger partial charge in [-0.25, -0.2) is 5.92 Å². The van der Waals surface area contributed by atoms with Gasteiger partial charge in [-0.15, -0.1) is 0 Å². The summed E-state index contributed by atoms with van der Waals surface area (Å²) in [6.07, 6.45) is 24.3. The molecule has 2 rings (SSSR count). The third-order valence-corrected chi connectivity index (χ3v) is 2.35. The second-order valence-corrected chi connectivity index (χ2v) is 3.69. The van der Waals surface area contributed by atoms with Gasteiger partial charge in [0.15, 0.2) is 0 Å². The summed E-state index contributed by atoms with van der Waals surface area (Å²) in [5.74, 6) is 9.91. The van der Waals surface area contributed by atoms with Gasteiger partial charge in [0, 0.05) is 11.8 Å². The van der Waals surface area contributed by atoms with Crippen LogP contribution in [0.15, 0.2) is 24.3 Å². The monoisotopic (exact) mass is 332 g/mol. The smallest absolute Gasteiger partial charge is 0.0762 e. The summed E-state index contributed by atoms with van der Waals surface area (Å²) in [6, 6.07) is 0. The molecule has 0 aliphatic heterocycles. The van der Waals surface area contributed by atoms with Gasteiger partial charge in [0.1, 0.15) is 0 Å². The molecule has 0 bridgehead atoms. The molecule has 0 spiro atoms. The van der Waals surface area contributed by atoms with Gasteiger partial charge in [-0.3, -0.25) is 11.8 Å². The summed E-state index contributed by atoms with van der Waals surface area (Å²) in [4.78, 5) is 0. The van der Waals surface area contributed by atoms with Crippen molar-refractivity contribution in [2.75, 3.05) is 0 Å². The van der Waals surface area contributed by atoms with E-state index in [0.29, 0.717) is 0 Å². The second kappa shape index (κ2) is 21.9. The van der Waals surface area contributed by atoms with Crippen LogP contribution in [0.2, 0.25) is 0 Å². The molecule has 3 heteroatoms. The normalized spacial score (nSPS) is 13.6. The number of fused-ring (bicyclic) bond motifs is 1. The molecule has 1 fully saturated rings. The van der Waals surface area contributed by atoms with Crippen LogP contribution in [-0.2, 0) is 26.4 Å². The first-order valence-corrected chi connectivity index (χ1v) is 6.29. The van der Waals surface area contributed by atoms with E-state index in [4.69, 9.17) is 15.7 Å². The van der Waals surface area contributed by atoms with Crippen molar-refractivity contribution in [2.45, 2.75) is 26.2 Å². The Morgan fingerprint density at radius 2 is 1.50 bits per heavy atom. The van der Waals surface area contributed by atoms with Crippen molar-refractivity contribution in [1.82, 2.24) is 0 Å². The van der Waals surface area contributed by atoms with Crippen molar-refractivity contribution >= 4 is 0 Å². The van der Waals surface area contributed by atoms with Crippen molar-refractivity contribution in [3.05, 3.63) is 75.1 Å². The summed E-state index contributed by atoms with van der Waals surface area (Å²) in [7, 11) is 0. The van der Waals surface area contributed by atoms with Crippen LogP contribution in [0.25, 0.3) is 0 Å². The van der Waals surface area contributed by atoms with Gasteiger partial charge in [-0.1, -0.05) is 37.6 Å². The molecule has 2 aliphatic carbocycles. The molecular weight excluding hydrogens is 316 g/mol. The SMILES string of the molecule is [C-]#CC#CCCCC.[C-]#[O+].[C-]#[O+].[CH]1[CH][C]2C=CC=C[C]2[CH]1.[Fe+2]. The average molecular weight is 332 g/mol. The summed E-state index contributed by atoms with van der Waals surface area (Å²) < 4.78 is 15.0. The van der Waals surface area contributed by atoms with E-state index in [-0.39, 0.29) is 17.1 Å². The molecule has 111 valence electrons. The van der Waals surface area contributed by atoms with E-state index in [9.17, 15) is 0 Å². The quantitative estimate of drug-likeness (QED) is 0.244. The topological polar surface area (TPSA) is 39.8 Å². The fourth-order valence-electron chi connectivity index (χ4n) is 1.44. The Kier molecular flexibility index (Phi) is 25.4. The minimum atomic E-state index is 0. The van der Waals surface area contributed by atoms with Crippen LogP contribution in [0.1, 0.15) is 26.2 Å². The van der Waals surface area contributed by atoms with Gasteiger partial charge < -0.3 is 6.42 Å². The molecule has 0 amide bonds. The molecule has 2 aliphatic rings. The molecule has 0 aromatic heterocycles. The zero-order valence-electron chi connectivity index (χ0n) is 12.3. The first kappa shape index (κ1) is 25.5. The second-order valence-electron chi connectivity index (χ2n) is 3.69. The first-order chi connectivity index (χ1) is 10.4. The van der Waals surface area contributed by atoms with Crippen LogP contribution in [0.5, 0.6) is 0 Å². The third kappa shape index (κ3) is 13.6. The maximum absolute atomic E-state index is 7.50. The third-order valence-electron chi connectivity index (χ3n) is 2.35. The molecule has 0 heterocycles. The van der Waals surface area contributed by atoms with Crippen molar-refractivity contribution < 1.29 is 26.4 Å². The standard InChI is InChI=1S/C9H7.C8H9.2CO.Fe/c1-2-5-9-7-3-6-8(9)4-1;1-3-5-7-8-6-4-2;2*1-2;/h1-7H;3,5,7H2,1H3;;;/q;-1;;;+2. The molecule has 0 aromatic rings. The van der Waals surface area contributed by atoms with Crippen LogP contribution in [-0.4, -0.2) is 0 Å². The zero-order chi connectivity index (χ0) is 16.3. The zero-order valence-corrected chi connectivity index (χ0v) is 13.4.